The van der Waals surface area contributed by atoms with E-state index in [9.17, 15) is 4.79 Å². The van der Waals surface area contributed by atoms with Gasteiger partial charge in [0.25, 0.3) is 0 Å². The van der Waals surface area contributed by atoms with E-state index in [2.05, 4.69) is 0 Å². The smallest absolute Gasteiger partial charge is 0.338 e. The molecule has 1 aromatic carbocycles. The molecule has 4 heteroatoms. The molecular formula is C15H18O4. The Bertz CT molecular complexity index is 519. The van der Waals surface area contributed by atoms with Crippen LogP contribution in [0.15, 0.2) is 29.8 Å². The van der Waals surface area contributed by atoms with E-state index >= 15 is 0 Å². The number of allylic oxidation sites excluding steroid dienone is 1. The largest absolute Gasteiger partial charge is 0.497 e. The lowest BCUT2D eigenvalue weighted by molar-refractivity contribution is -0.130. The van der Waals surface area contributed by atoms with Crippen molar-refractivity contribution in [2.45, 2.75) is 33.0 Å². The molecule has 0 aliphatic carbocycles. The van der Waals surface area contributed by atoms with Gasteiger partial charge in [0.05, 0.1) is 13.2 Å². The molecule has 0 saturated carbocycles. The zero-order valence-corrected chi connectivity index (χ0v) is 11.6. The topological polar surface area (TPSA) is 48.1 Å². The van der Waals surface area contributed by atoms with Crippen LogP contribution in [-0.2, 0) is 9.53 Å². The van der Waals surface area contributed by atoms with Crippen molar-refractivity contribution >= 4 is 5.97 Å². The molecule has 0 bridgehead atoms. The first kappa shape index (κ1) is 13.6. The Morgan fingerprint density at radius 2 is 2.11 bits per heavy atom. The first-order valence-electron chi connectivity index (χ1n) is 6.25. The molecule has 0 radical (unpaired) electrons. The number of epoxide rings is 1. The summed E-state index contributed by atoms with van der Waals surface area (Å²) in [4.78, 5) is 11.8. The summed E-state index contributed by atoms with van der Waals surface area (Å²) in [7, 11) is 1.60. The highest BCUT2D eigenvalue weighted by molar-refractivity contribution is 5.89. The van der Waals surface area contributed by atoms with Crippen molar-refractivity contribution in [1.82, 2.24) is 0 Å². The monoisotopic (exact) mass is 262 g/mol. The van der Waals surface area contributed by atoms with Crippen LogP contribution in [0, 0.1) is 0 Å². The van der Waals surface area contributed by atoms with Crippen LogP contribution in [0.5, 0.6) is 11.5 Å². The summed E-state index contributed by atoms with van der Waals surface area (Å²) in [5.74, 6) is 0.906. The third-order valence-corrected chi connectivity index (χ3v) is 3.19. The summed E-state index contributed by atoms with van der Waals surface area (Å²) in [6.07, 6.45) is 1.85. The van der Waals surface area contributed by atoms with E-state index in [4.69, 9.17) is 14.2 Å². The molecular weight excluding hydrogens is 244 g/mol. The van der Waals surface area contributed by atoms with Crippen molar-refractivity contribution in [2.75, 3.05) is 7.11 Å². The molecule has 1 aromatic rings. The van der Waals surface area contributed by atoms with E-state index in [1.807, 2.05) is 13.0 Å². The Morgan fingerprint density at radius 1 is 1.42 bits per heavy atom. The maximum Gasteiger partial charge on any atom is 0.338 e. The Balaban J connectivity index is 2.27. The van der Waals surface area contributed by atoms with Crippen LogP contribution in [0.3, 0.4) is 0 Å². The van der Waals surface area contributed by atoms with Crippen LogP contribution >= 0.6 is 0 Å². The SMILES string of the molecule is CC=C(C)C(=O)Oc1ccc(OC)cc1[C@H]1O[C@@H]1C. The number of esters is 1. The Kier molecular flexibility index (Phi) is 3.90. The van der Waals surface area contributed by atoms with E-state index in [0.29, 0.717) is 11.3 Å². The normalized spacial score (nSPS) is 22.0. The zero-order valence-electron chi connectivity index (χ0n) is 11.6. The number of rotatable bonds is 4. The summed E-state index contributed by atoms with van der Waals surface area (Å²) in [5.41, 5.74) is 1.43. The van der Waals surface area contributed by atoms with Gasteiger partial charge in [0.2, 0.25) is 0 Å². The highest BCUT2D eigenvalue weighted by atomic mass is 16.6. The number of hydrogen-bond donors (Lipinski definition) is 0. The first-order chi connectivity index (χ1) is 9.06. The van der Waals surface area contributed by atoms with Gasteiger partial charge in [0.1, 0.15) is 17.6 Å². The number of methoxy groups -OCH3 is 1. The van der Waals surface area contributed by atoms with E-state index in [1.54, 1.807) is 39.2 Å². The number of carbonyl (C=O) groups excluding carboxylic acids is 1. The van der Waals surface area contributed by atoms with Crippen LogP contribution in [0.2, 0.25) is 0 Å². The number of ether oxygens (including phenoxy) is 3. The molecule has 2 rings (SSSR count). The van der Waals surface area contributed by atoms with Gasteiger partial charge in [0, 0.05) is 11.1 Å². The van der Waals surface area contributed by atoms with Gasteiger partial charge in [-0.25, -0.2) is 4.79 Å². The molecule has 1 aliphatic rings. The van der Waals surface area contributed by atoms with E-state index in [-0.39, 0.29) is 18.2 Å². The third-order valence-electron chi connectivity index (χ3n) is 3.19. The molecule has 0 N–H and O–H groups in total. The predicted octanol–water partition coefficient (Wildman–Crippen LogP) is 3.03. The van der Waals surface area contributed by atoms with Crippen LogP contribution in [0.4, 0.5) is 0 Å². The van der Waals surface area contributed by atoms with Crippen molar-refractivity contribution < 1.29 is 19.0 Å². The van der Waals surface area contributed by atoms with Gasteiger partial charge in [-0.1, -0.05) is 6.08 Å². The molecule has 102 valence electrons. The van der Waals surface area contributed by atoms with Crippen molar-refractivity contribution in [3.63, 3.8) is 0 Å². The Hall–Kier alpha value is -1.81. The fourth-order valence-corrected chi connectivity index (χ4v) is 1.78. The molecule has 1 heterocycles. The Labute approximate surface area is 113 Å². The van der Waals surface area contributed by atoms with E-state index in [0.717, 1.165) is 11.3 Å². The third kappa shape index (κ3) is 2.96. The standard InChI is InChI=1S/C15H18O4/c1-5-9(2)15(16)19-13-7-6-11(17-4)8-12(13)14-10(3)18-14/h5-8,10,14H,1-4H3/t10-,14+/m1/s1. The molecule has 0 amide bonds. The summed E-state index contributed by atoms with van der Waals surface area (Å²) < 4.78 is 16.0. The fraction of sp³-hybridized carbons (Fsp3) is 0.400. The summed E-state index contributed by atoms with van der Waals surface area (Å²) in [6.45, 7) is 5.51. The lowest BCUT2D eigenvalue weighted by Crippen LogP contribution is -2.10. The predicted molar refractivity (Wildman–Crippen MR) is 71.3 cm³/mol. The lowest BCUT2D eigenvalue weighted by atomic mass is 10.1. The van der Waals surface area contributed by atoms with Crippen LogP contribution in [-0.4, -0.2) is 19.2 Å². The van der Waals surface area contributed by atoms with Crippen LogP contribution in [0.1, 0.15) is 32.4 Å². The highest BCUT2D eigenvalue weighted by Gasteiger charge is 2.38. The molecule has 1 fully saturated rings. The van der Waals surface area contributed by atoms with Gasteiger partial charge in [-0.2, -0.15) is 0 Å². The van der Waals surface area contributed by atoms with Crippen LogP contribution in [0.25, 0.3) is 0 Å². The van der Waals surface area contributed by atoms with Gasteiger partial charge in [-0.15, -0.1) is 0 Å². The molecule has 2 atom stereocenters. The lowest BCUT2D eigenvalue weighted by Gasteiger charge is -2.10. The van der Waals surface area contributed by atoms with Crippen molar-refractivity contribution in [3.05, 3.63) is 35.4 Å². The second-order valence-electron chi connectivity index (χ2n) is 4.53. The van der Waals surface area contributed by atoms with Crippen LogP contribution < -0.4 is 9.47 Å². The molecule has 0 unspecified atom stereocenters. The van der Waals surface area contributed by atoms with Crippen molar-refractivity contribution in [1.29, 1.82) is 0 Å². The second-order valence-corrected chi connectivity index (χ2v) is 4.53. The Morgan fingerprint density at radius 3 is 2.63 bits per heavy atom. The van der Waals surface area contributed by atoms with E-state index < -0.39 is 0 Å². The summed E-state index contributed by atoms with van der Waals surface area (Å²) in [5, 5.41) is 0. The van der Waals surface area contributed by atoms with Gasteiger partial charge < -0.3 is 14.2 Å². The average Bonchev–Trinajstić information content (AvgIpc) is 3.15. The zero-order chi connectivity index (χ0) is 14.0. The number of carbonyl (C=O) groups is 1. The summed E-state index contributed by atoms with van der Waals surface area (Å²) >= 11 is 0. The molecule has 0 spiro atoms. The first-order valence-corrected chi connectivity index (χ1v) is 6.25. The van der Waals surface area contributed by atoms with Crippen molar-refractivity contribution in [3.8, 4) is 11.5 Å². The maximum atomic E-state index is 11.8. The molecule has 1 aliphatic heterocycles. The van der Waals surface area contributed by atoms with Gasteiger partial charge in [-0.05, 0) is 39.0 Å². The molecule has 1 saturated heterocycles. The van der Waals surface area contributed by atoms with E-state index in [1.165, 1.54) is 0 Å². The van der Waals surface area contributed by atoms with Crippen molar-refractivity contribution in [2.24, 2.45) is 0 Å². The minimum Gasteiger partial charge on any atom is -0.497 e. The van der Waals surface area contributed by atoms with Gasteiger partial charge >= 0.3 is 5.97 Å². The molecule has 4 nitrogen and oxygen atoms in total. The summed E-state index contributed by atoms with van der Waals surface area (Å²) in [6, 6.07) is 5.36. The number of benzene rings is 1. The second kappa shape index (κ2) is 5.45. The average molecular weight is 262 g/mol. The molecule has 0 aromatic heterocycles. The minimum atomic E-state index is -0.345. The highest BCUT2D eigenvalue weighted by Crippen LogP contribution is 2.44. The fourth-order valence-electron chi connectivity index (χ4n) is 1.78. The quantitative estimate of drug-likeness (QED) is 0.362. The molecule has 19 heavy (non-hydrogen) atoms. The maximum absolute atomic E-state index is 11.8. The minimum absolute atomic E-state index is 0.0242. The van der Waals surface area contributed by atoms with Gasteiger partial charge in [-0.3, -0.25) is 0 Å². The van der Waals surface area contributed by atoms with Gasteiger partial charge in [0.15, 0.2) is 0 Å². The number of hydrogen-bond acceptors (Lipinski definition) is 4.